The van der Waals surface area contributed by atoms with E-state index in [2.05, 4.69) is 15.9 Å². The minimum absolute atomic E-state index is 0.00754. The van der Waals surface area contributed by atoms with Gasteiger partial charge in [0.1, 0.15) is 10.8 Å². The van der Waals surface area contributed by atoms with Crippen LogP contribution in [0, 0.1) is 5.82 Å². The van der Waals surface area contributed by atoms with Crippen LogP contribution < -0.4 is 0 Å². The topological polar surface area (TPSA) is 33.2 Å². The molecule has 2 heterocycles. The molecule has 1 amide bonds. The van der Waals surface area contributed by atoms with Gasteiger partial charge in [0.25, 0.3) is 5.91 Å². The summed E-state index contributed by atoms with van der Waals surface area (Å²) in [5.41, 5.74) is 1.46. The number of benzene rings is 2. The summed E-state index contributed by atoms with van der Waals surface area (Å²) in [6.45, 7) is 0.698. The van der Waals surface area contributed by atoms with Gasteiger partial charge < -0.3 is 4.90 Å². The molecule has 2 aromatic carbocycles. The van der Waals surface area contributed by atoms with Crippen molar-refractivity contribution in [3.8, 4) is 0 Å². The lowest BCUT2D eigenvalue weighted by molar-refractivity contribution is 0.0734. The number of halogens is 2. The third-order valence-electron chi connectivity index (χ3n) is 4.27. The Morgan fingerprint density at radius 1 is 1.29 bits per heavy atom. The number of fused-ring (bicyclic) bond motifs is 1. The van der Waals surface area contributed by atoms with Gasteiger partial charge in [-0.1, -0.05) is 12.1 Å². The fraction of sp³-hybridized carbons (Fsp3) is 0.222. The first-order valence-electron chi connectivity index (χ1n) is 7.75. The number of nitrogens with zero attached hydrogens (tertiary/aromatic N) is 2. The number of likely N-dealkylation sites (tertiary alicyclic amines) is 1. The smallest absolute Gasteiger partial charge is 0.255 e. The molecule has 0 bridgehead atoms. The molecule has 1 fully saturated rings. The minimum atomic E-state index is -0.359. The molecule has 1 saturated heterocycles. The summed E-state index contributed by atoms with van der Waals surface area (Å²) >= 11 is 4.94. The van der Waals surface area contributed by atoms with Crippen molar-refractivity contribution in [3.05, 3.63) is 63.3 Å². The van der Waals surface area contributed by atoms with Crippen LogP contribution in [0.2, 0.25) is 0 Å². The fourth-order valence-corrected chi connectivity index (χ4v) is 4.75. The molecule has 3 aromatic rings. The molecule has 24 heavy (non-hydrogen) atoms. The van der Waals surface area contributed by atoms with Crippen molar-refractivity contribution in [3.63, 3.8) is 0 Å². The Bertz CT molecular complexity index is 893. The highest BCUT2D eigenvalue weighted by atomic mass is 79.9. The van der Waals surface area contributed by atoms with Crippen LogP contribution in [0.25, 0.3) is 10.2 Å². The Balaban J connectivity index is 1.68. The number of thiazole rings is 1. The predicted octanol–water partition coefficient (Wildman–Crippen LogP) is 5.18. The van der Waals surface area contributed by atoms with Crippen molar-refractivity contribution in [2.24, 2.45) is 0 Å². The van der Waals surface area contributed by atoms with Crippen LogP contribution in [0.5, 0.6) is 0 Å². The Hall–Kier alpha value is -1.79. The number of carbonyl (C=O) groups excluding carboxylic acids is 1. The number of rotatable bonds is 2. The number of carbonyl (C=O) groups is 1. The molecule has 1 aromatic heterocycles. The monoisotopic (exact) mass is 404 g/mol. The van der Waals surface area contributed by atoms with Gasteiger partial charge in [-0.2, -0.15) is 0 Å². The molecule has 1 unspecified atom stereocenters. The van der Waals surface area contributed by atoms with Crippen LogP contribution in [0.1, 0.15) is 34.2 Å². The van der Waals surface area contributed by atoms with Crippen LogP contribution in [0.4, 0.5) is 4.39 Å². The maximum atomic E-state index is 13.3. The molecule has 1 aliphatic heterocycles. The number of para-hydroxylation sites is 1. The average molecular weight is 405 g/mol. The Labute approximate surface area is 151 Å². The average Bonchev–Trinajstić information content (AvgIpc) is 3.20. The number of aromatic nitrogens is 1. The van der Waals surface area contributed by atoms with Gasteiger partial charge in [-0.15, -0.1) is 11.3 Å². The first kappa shape index (κ1) is 15.7. The van der Waals surface area contributed by atoms with E-state index in [1.165, 1.54) is 18.2 Å². The first-order valence-corrected chi connectivity index (χ1v) is 9.36. The summed E-state index contributed by atoms with van der Waals surface area (Å²) in [6.07, 6.45) is 1.86. The van der Waals surface area contributed by atoms with E-state index in [9.17, 15) is 9.18 Å². The number of hydrogen-bond donors (Lipinski definition) is 0. The molecule has 1 atom stereocenters. The maximum Gasteiger partial charge on any atom is 0.255 e. The third kappa shape index (κ3) is 2.74. The van der Waals surface area contributed by atoms with E-state index in [0.29, 0.717) is 16.6 Å². The van der Waals surface area contributed by atoms with Gasteiger partial charge in [0.05, 0.1) is 21.8 Å². The van der Waals surface area contributed by atoms with E-state index < -0.39 is 0 Å². The quantitative estimate of drug-likeness (QED) is 0.589. The zero-order valence-electron chi connectivity index (χ0n) is 12.7. The molecule has 6 heteroatoms. The van der Waals surface area contributed by atoms with Crippen LogP contribution in [-0.2, 0) is 0 Å². The fourth-order valence-electron chi connectivity index (χ4n) is 3.12. The normalized spacial score (nSPS) is 17.6. The lowest BCUT2D eigenvalue weighted by Crippen LogP contribution is -2.30. The Morgan fingerprint density at radius 2 is 2.12 bits per heavy atom. The number of hydrogen-bond acceptors (Lipinski definition) is 3. The summed E-state index contributed by atoms with van der Waals surface area (Å²) < 4.78 is 14.9. The zero-order chi connectivity index (χ0) is 16.7. The molecule has 0 aliphatic carbocycles. The molecule has 4 rings (SSSR count). The van der Waals surface area contributed by atoms with Crippen LogP contribution in [0.15, 0.2) is 46.9 Å². The van der Waals surface area contributed by atoms with Crippen LogP contribution in [0.3, 0.4) is 0 Å². The molecule has 1 aliphatic rings. The number of amides is 1. The second-order valence-corrected chi connectivity index (χ2v) is 7.72. The highest BCUT2D eigenvalue weighted by molar-refractivity contribution is 9.10. The molecule has 0 spiro atoms. The second kappa shape index (κ2) is 6.26. The second-order valence-electron chi connectivity index (χ2n) is 5.80. The van der Waals surface area contributed by atoms with Gasteiger partial charge in [-0.3, -0.25) is 4.79 Å². The molecule has 3 nitrogen and oxygen atoms in total. The molecule has 0 radical (unpaired) electrons. The van der Waals surface area contributed by atoms with Gasteiger partial charge in [-0.05, 0) is 59.1 Å². The Kier molecular flexibility index (Phi) is 4.10. The summed E-state index contributed by atoms with van der Waals surface area (Å²) in [5, 5.41) is 0.972. The van der Waals surface area contributed by atoms with Crippen molar-refractivity contribution in [2.45, 2.75) is 18.9 Å². The lowest BCUT2D eigenvalue weighted by atomic mass is 10.1. The van der Waals surface area contributed by atoms with Gasteiger partial charge in [-0.25, -0.2) is 9.37 Å². The van der Waals surface area contributed by atoms with Crippen molar-refractivity contribution in [1.29, 1.82) is 0 Å². The molecule has 122 valence electrons. The van der Waals surface area contributed by atoms with Crippen LogP contribution >= 0.6 is 27.3 Å². The Morgan fingerprint density at radius 3 is 2.92 bits per heavy atom. The molecule has 0 saturated carbocycles. The van der Waals surface area contributed by atoms with Crippen molar-refractivity contribution in [1.82, 2.24) is 9.88 Å². The molecular formula is C18H14BrFN2OS. The minimum Gasteiger partial charge on any atom is -0.329 e. The summed E-state index contributed by atoms with van der Waals surface area (Å²) in [5.74, 6) is -0.439. The predicted molar refractivity (Wildman–Crippen MR) is 96.7 cm³/mol. The van der Waals surface area contributed by atoms with Gasteiger partial charge in [0, 0.05) is 11.0 Å². The van der Waals surface area contributed by atoms with Crippen molar-refractivity contribution >= 4 is 43.4 Å². The van der Waals surface area contributed by atoms with E-state index >= 15 is 0 Å². The van der Waals surface area contributed by atoms with Gasteiger partial charge in [0.15, 0.2) is 0 Å². The first-order chi connectivity index (χ1) is 11.6. The summed E-state index contributed by atoms with van der Waals surface area (Å²) in [6, 6.07) is 12.2. The van der Waals surface area contributed by atoms with Gasteiger partial charge >= 0.3 is 0 Å². The van der Waals surface area contributed by atoms with E-state index in [1.807, 2.05) is 29.2 Å². The van der Waals surface area contributed by atoms with E-state index in [-0.39, 0.29) is 17.8 Å². The maximum absolute atomic E-state index is 13.3. The van der Waals surface area contributed by atoms with Crippen molar-refractivity contribution in [2.75, 3.05) is 6.54 Å². The highest BCUT2D eigenvalue weighted by Gasteiger charge is 2.33. The van der Waals surface area contributed by atoms with Gasteiger partial charge in [0.2, 0.25) is 0 Å². The van der Waals surface area contributed by atoms with Crippen LogP contribution in [-0.4, -0.2) is 22.3 Å². The third-order valence-corrected chi connectivity index (χ3v) is 6.06. The standard InChI is InChI=1S/C18H14BrFN2OS/c19-13-10-11(20)7-8-12(13)18(23)22-9-3-5-15(22)17-21-14-4-1-2-6-16(14)24-17/h1-2,4,6-8,10,15H,3,5,9H2. The largest absolute Gasteiger partial charge is 0.329 e. The molecular weight excluding hydrogens is 391 g/mol. The van der Waals surface area contributed by atoms with E-state index in [4.69, 9.17) is 4.98 Å². The molecule has 0 N–H and O–H groups in total. The lowest BCUT2D eigenvalue weighted by Gasteiger charge is -2.23. The zero-order valence-corrected chi connectivity index (χ0v) is 15.1. The van der Waals surface area contributed by atoms with E-state index in [0.717, 1.165) is 28.1 Å². The highest BCUT2D eigenvalue weighted by Crippen LogP contribution is 2.37. The van der Waals surface area contributed by atoms with E-state index in [1.54, 1.807) is 11.3 Å². The summed E-state index contributed by atoms with van der Waals surface area (Å²) in [7, 11) is 0. The van der Waals surface area contributed by atoms with Crippen molar-refractivity contribution < 1.29 is 9.18 Å². The summed E-state index contributed by atoms with van der Waals surface area (Å²) in [4.78, 5) is 19.5. The SMILES string of the molecule is O=C(c1ccc(F)cc1Br)N1CCCC1c1nc2ccccc2s1.